The topological polar surface area (TPSA) is 284 Å². The van der Waals surface area contributed by atoms with Crippen molar-refractivity contribution in [2.24, 2.45) is 0 Å². The molecular weight excluding hydrogens is 712 g/mol. The molecule has 18 nitrogen and oxygen atoms in total. The number of carbonyl (C=O) groups excluding carboxylic acids is 4. The lowest BCUT2D eigenvalue weighted by Crippen LogP contribution is -2.41. The Bertz CT molecular complexity index is 2210. The van der Waals surface area contributed by atoms with E-state index in [1.54, 1.807) is 12.1 Å². The van der Waals surface area contributed by atoms with Gasteiger partial charge in [0.15, 0.2) is 0 Å². The van der Waals surface area contributed by atoms with Gasteiger partial charge < -0.3 is 40.5 Å². The van der Waals surface area contributed by atoms with Gasteiger partial charge in [-0.05, 0) is 84.9 Å². The van der Waals surface area contributed by atoms with E-state index < -0.39 is 58.6 Å². The average Bonchev–Trinajstić information content (AvgIpc) is 3.13. The lowest BCUT2D eigenvalue weighted by Gasteiger charge is -2.13. The summed E-state index contributed by atoms with van der Waals surface area (Å²) in [6, 6.07) is 18.9. The molecule has 4 amide bonds. The van der Waals surface area contributed by atoms with E-state index in [4.69, 9.17) is 19.7 Å². The third-order valence-electron chi connectivity index (χ3n) is 6.69. The fraction of sp³-hybridized carbons (Fsp3) is 0. The highest BCUT2D eigenvalue weighted by atomic mass is 16.5. The van der Waals surface area contributed by atoms with E-state index in [2.05, 4.69) is 10.6 Å². The zero-order valence-corrected chi connectivity index (χ0v) is 27.3. The summed E-state index contributed by atoms with van der Waals surface area (Å²) in [5.41, 5.74) is 2.84. The van der Waals surface area contributed by atoms with E-state index >= 15 is 0 Å². The lowest BCUT2D eigenvalue weighted by atomic mass is 10.1. The number of carbonyl (C=O) groups is 8. The Kier molecular flexibility index (Phi) is 12.5. The van der Waals surface area contributed by atoms with Gasteiger partial charge in [0.2, 0.25) is 5.91 Å². The second-order valence-electron chi connectivity index (χ2n) is 10.5. The van der Waals surface area contributed by atoms with Crippen molar-refractivity contribution in [1.29, 1.82) is 0 Å². The number of amides is 4. The normalized spacial score (nSPS) is 10.6. The summed E-state index contributed by atoms with van der Waals surface area (Å²) < 4.78 is 11.5. The summed E-state index contributed by atoms with van der Waals surface area (Å²) in [6.07, 6.45) is 2.69. The van der Waals surface area contributed by atoms with E-state index in [9.17, 15) is 48.6 Å². The van der Waals surface area contributed by atoms with Crippen molar-refractivity contribution in [2.45, 2.75) is 0 Å². The second kappa shape index (κ2) is 17.6. The largest absolute Gasteiger partial charge is 0.478 e. The molecule has 0 aliphatic carbocycles. The number of nitrogens with one attached hydrogen (secondary N) is 4. The van der Waals surface area contributed by atoms with Crippen molar-refractivity contribution in [1.82, 2.24) is 10.9 Å². The molecule has 274 valence electrons. The Hall–Kier alpha value is -8.28. The molecule has 4 aromatic carbocycles. The van der Waals surface area contributed by atoms with Gasteiger partial charge in [-0.15, -0.1) is 0 Å². The van der Waals surface area contributed by atoms with E-state index in [-0.39, 0.29) is 28.3 Å². The number of carboxylic acid groups (broad SMARTS) is 4. The molecule has 4 rings (SSSR count). The molecule has 0 heterocycles. The molecule has 0 atom stereocenters. The van der Waals surface area contributed by atoms with Crippen LogP contribution in [0.5, 0.6) is 23.0 Å². The van der Waals surface area contributed by atoms with Gasteiger partial charge in [0.1, 0.15) is 23.0 Å². The highest BCUT2D eigenvalue weighted by Gasteiger charge is 2.21. The van der Waals surface area contributed by atoms with Crippen molar-refractivity contribution in [2.75, 3.05) is 10.6 Å². The molecular formula is C36H26N4O14. The highest BCUT2D eigenvalue weighted by Crippen LogP contribution is 2.28. The van der Waals surface area contributed by atoms with Crippen LogP contribution in [0.2, 0.25) is 0 Å². The third-order valence-corrected chi connectivity index (χ3v) is 6.69. The Labute approximate surface area is 302 Å². The number of hydrogen-bond donors (Lipinski definition) is 8. The maximum Gasteiger partial charge on any atom is 0.336 e. The minimum atomic E-state index is -1.50. The van der Waals surface area contributed by atoms with Crippen LogP contribution < -0.4 is 31.0 Å². The number of anilines is 2. The van der Waals surface area contributed by atoms with E-state index in [1.165, 1.54) is 48.5 Å². The number of aromatic carboxylic acids is 2. The number of hydrogen-bond acceptors (Lipinski definition) is 10. The first-order valence-electron chi connectivity index (χ1n) is 15.0. The van der Waals surface area contributed by atoms with Crippen LogP contribution >= 0.6 is 0 Å². The quantitative estimate of drug-likeness (QED) is 0.0673. The molecule has 0 saturated heterocycles. The summed E-state index contributed by atoms with van der Waals surface area (Å²) in [5, 5.41) is 41.6. The molecule has 0 fully saturated rings. The molecule has 4 aromatic rings. The van der Waals surface area contributed by atoms with E-state index in [1.807, 2.05) is 10.9 Å². The Morgan fingerprint density at radius 1 is 0.426 bits per heavy atom. The van der Waals surface area contributed by atoms with Crippen LogP contribution in [-0.4, -0.2) is 67.9 Å². The Morgan fingerprint density at radius 2 is 0.833 bits per heavy atom. The summed E-state index contributed by atoms with van der Waals surface area (Å²) in [5.74, 6) is -8.65. The minimum absolute atomic E-state index is 0.0715. The summed E-state index contributed by atoms with van der Waals surface area (Å²) in [7, 11) is 0. The van der Waals surface area contributed by atoms with Crippen LogP contribution in [0.15, 0.2) is 109 Å². The van der Waals surface area contributed by atoms with E-state index in [0.717, 1.165) is 30.3 Å². The predicted molar refractivity (Wildman–Crippen MR) is 186 cm³/mol. The molecule has 0 aliphatic heterocycles. The fourth-order valence-corrected chi connectivity index (χ4v) is 4.31. The third kappa shape index (κ3) is 11.1. The first-order chi connectivity index (χ1) is 25.7. The standard InChI is InChI=1S/C36H26N4O14/c41-29(13-15-31(43)44)37-19-1-5-21(6-2-19)53-22-7-3-20(4-8-22)38-33(47)27-17-23(9-11-25(27)35(49)50)54-24-10-12-26(36(51)52)28(18-24)34(48)40-39-30(42)14-16-32(45)46/h1-18H,(H,37,41)(H,38,47)(H,39,42)(H,40,48)(H,43,44)(H,45,46)(H,49,50)(H,51,52)/b15-13-,16-14-. The number of hydrazine groups is 1. The molecule has 18 heteroatoms. The Morgan fingerprint density at radius 3 is 1.30 bits per heavy atom. The molecule has 54 heavy (non-hydrogen) atoms. The smallest absolute Gasteiger partial charge is 0.336 e. The molecule has 0 radical (unpaired) electrons. The van der Waals surface area contributed by atoms with Crippen LogP contribution in [0.1, 0.15) is 41.4 Å². The van der Waals surface area contributed by atoms with Gasteiger partial charge in [0.05, 0.1) is 22.3 Å². The molecule has 0 saturated carbocycles. The van der Waals surface area contributed by atoms with Crippen LogP contribution in [0, 0.1) is 0 Å². The number of benzene rings is 4. The first kappa shape index (κ1) is 38.5. The molecule has 0 bridgehead atoms. The average molecular weight is 739 g/mol. The fourth-order valence-electron chi connectivity index (χ4n) is 4.31. The van der Waals surface area contributed by atoms with Gasteiger partial charge in [-0.25, -0.2) is 19.2 Å². The number of aliphatic carboxylic acids is 2. The maximum absolute atomic E-state index is 13.3. The van der Waals surface area contributed by atoms with Gasteiger partial charge in [-0.2, -0.15) is 0 Å². The van der Waals surface area contributed by atoms with Crippen LogP contribution in [-0.2, 0) is 19.2 Å². The summed E-state index contributed by atoms with van der Waals surface area (Å²) in [6.45, 7) is 0. The molecule has 0 aromatic heterocycles. The van der Waals surface area contributed by atoms with Gasteiger partial charge >= 0.3 is 23.9 Å². The maximum atomic E-state index is 13.3. The molecule has 0 unspecified atom stereocenters. The van der Waals surface area contributed by atoms with Crippen molar-refractivity contribution < 1.29 is 68.3 Å². The van der Waals surface area contributed by atoms with Crippen LogP contribution in [0.25, 0.3) is 0 Å². The van der Waals surface area contributed by atoms with Crippen molar-refractivity contribution in [3.8, 4) is 23.0 Å². The van der Waals surface area contributed by atoms with Gasteiger partial charge in [-0.3, -0.25) is 30.0 Å². The molecule has 0 spiro atoms. The van der Waals surface area contributed by atoms with Gasteiger partial charge in [0.25, 0.3) is 17.7 Å². The van der Waals surface area contributed by atoms with Gasteiger partial charge in [0, 0.05) is 35.7 Å². The zero-order valence-electron chi connectivity index (χ0n) is 27.3. The van der Waals surface area contributed by atoms with Crippen molar-refractivity contribution >= 4 is 58.9 Å². The summed E-state index contributed by atoms with van der Waals surface area (Å²) >= 11 is 0. The van der Waals surface area contributed by atoms with Gasteiger partial charge in [-0.1, -0.05) is 0 Å². The number of rotatable bonds is 14. The minimum Gasteiger partial charge on any atom is -0.478 e. The monoisotopic (exact) mass is 738 g/mol. The molecule has 8 N–H and O–H groups in total. The first-order valence-corrected chi connectivity index (χ1v) is 15.0. The predicted octanol–water partition coefficient (Wildman–Crippen LogP) is 3.90. The van der Waals surface area contributed by atoms with E-state index in [0.29, 0.717) is 35.4 Å². The zero-order chi connectivity index (χ0) is 39.4. The summed E-state index contributed by atoms with van der Waals surface area (Å²) in [4.78, 5) is 94.2. The SMILES string of the molecule is O=C(O)/C=C\C(=O)NNC(=O)c1cc(Oc2ccc(C(=O)O)c(C(=O)Nc3ccc(Oc4ccc(NC(=O)/C=C\C(=O)O)cc4)cc3)c2)ccc1C(=O)O. The van der Waals surface area contributed by atoms with Crippen molar-refractivity contribution in [3.05, 3.63) is 131 Å². The van der Waals surface area contributed by atoms with Crippen LogP contribution in [0.4, 0.5) is 11.4 Å². The Balaban J connectivity index is 1.45. The van der Waals surface area contributed by atoms with Crippen LogP contribution in [0.3, 0.4) is 0 Å². The highest BCUT2D eigenvalue weighted by molar-refractivity contribution is 6.11. The number of ether oxygens (including phenoxy) is 2. The second-order valence-corrected chi connectivity index (χ2v) is 10.5. The number of carboxylic acids is 4. The lowest BCUT2D eigenvalue weighted by molar-refractivity contribution is -0.132. The van der Waals surface area contributed by atoms with Crippen molar-refractivity contribution in [3.63, 3.8) is 0 Å². The molecule has 0 aliphatic rings.